The molecule has 1 aromatic heterocycles. The molecule has 4 aromatic rings. The second-order valence-corrected chi connectivity index (χ2v) is 15.8. The number of para-hydroxylation sites is 1. The Labute approximate surface area is 298 Å². The van der Waals surface area contributed by atoms with Crippen molar-refractivity contribution in [2.24, 2.45) is 11.3 Å². The van der Waals surface area contributed by atoms with E-state index in [1.807, 2.05) is 58.0 Å². The van der Waals surface area contributed by atoms with Crippen molar-refractivity contribution >= 4 is 38.8 Å². The molecule has 0 fully saturated rings. The number of nitrogens with zero attached hydrogens (tertiary/aromatic N) is 4. The molecule has 0 saturated heterocycles. The zero-order chi connectivity index (χ0) is 37.2. The van der Waals surface area contributed by atoms with Gasteiger partial charge in [0.1, 0.15) is 28.0 Å². The van der Waals surface area contributed by atoms with Gasteiger partial charge in [-0.05, 0) is 79.6 Å². The van der Waals surface area contributed by atoms with Gasteiger partial charge in [0.05, 0.1) is 18.0 Å². The number of aromatic nitrogens is 3. The lowest BCUT2D eigenvalue weighted by Gasteiger charge is -2.36. The molecule has 3 atom stereocenters. The van der Waals surface area contributed by atoms with E-state index >= 15 is 0 Å². The molecule has 0 bridgehead atoms. The lowest BCUT2D eigenvalue weighted by molar-refractivity contribution is -0.146. The molecule has 12 nitrogen and oxygen atoms in total. The van der Waals surface area contributed by atoms with Gasteiger partial charge in [-0.25, -0.2) is 13.1 Å². The van der Waals surface area contributed by atoms with Gasteiger partial charge in [0.2, 0.25) is 10.0 Å². The quantitative estimate of drug-likeness (QED) is 0.155. The minimum Gasteiger partial charge on any atom is -0.488 e. The van der Waals surface area contributed by atoms with Gasteiger partial charge < -0.3 is 14.9 Å². The molecule has 0 amide bonds. The Bertz CT molecular complexity index is 2070. The standard InChI is InChI=1S/C38H46N4O8S/c1-7-28-22-41(51(48,49)32-12-10-9-11-31(32)50-28)21-27-19-25(14-13-23(27)3)35(29-16-17-30-36(24(29)4)39-40-42(30)8-2)38(5,6)33(43)20-26(37(46)47)15-18-34(44)45/h9-14,16-17,19,26,28,35H,7-8,15,18,20-22H2,1-6H3,(H,44,45)(H,46,47)/t26-,28-,35+/m1/s1. The van der Waals surface area contributed by atoms with Gasteiger partial charge >= 0.3 is 11.9 Å². The van der Waals surface area contributed by atoms with Crippen LogP contribution in [0.5, 0.6) is 5.75 Å². The Morgan fingerprint density at radius 2 is 1.76 bits per heavy atom. The average molecular weight is 719 g/mol. The highest BCUT2D eigenvalue weighted by Gasteiger charge is 2.42. The number of carboxylic acid groups (broad SMARTS) is 2. The molecule has 0 spiro atoms. The van der Waals surface area contributed by atoms with Gasteiger partial charge in [-0.2, -0.15) is 4.31 Å². The monoisotopic (exact) mass is 718 g/mol. The summed E-state index contributed by atoms with van der Waals surface area (Å²) in [6.07, 6.45) is -0.641. The van der Waals surface area contributed by atoms with Gasteiger partial charge in [0.25, 0.3) is 0 Å². The minimum atomic E-state index is -3.93. The number of carbonyl (C=O) groups excluding carboxylic acids is 1. The van der Waals surface area contributed by atoms with Crippen molar-refractivity contribution in [3.63, 3.8) is 0 Å². The van der Waals surface area contributed by atoms with E-state index in [1.54, 1.807) is 42.8 Å². The molecular formula is C38H46N4O8S. The largest absolute Gasteiger partial charge is 0.488 e. The van der Waals surface area contributed by atoms with E-state index in [-0.39, 0.29) is 49.1 Å². The number of hydrogen-bond donors (Lipinski definition) is 2. The van der Waals surface area contributed by atoms with Crippen LogP contribution in [0.25, 0.3) is 11.0 Å². The van der Waals surface area contributed by atoms with Crippen molar-refractivity contribution in [1.82, 2.24) is 19.3 Å². The molecule has 0 aliphatic carbocycles. The average Bonchev–Trinajstić information content (AvgIpc) is 3.47. The Morgan fingerprint density at radius 1 is 1.04 bits per heavy atom. The minimum absolute atomic E-state index is 0.0659. The molecule has 1 aliphatic heterocycles. The van der Waals surface area contributed by atoms with Crippen LogP contribution in [0.4, 0.5) is 0 Å². The molecule has 5 rings (SSSR count). The number of ether oxygens (including phenoxy) is 1. The highest BCUT2D eigenvalue weighted by Crippen LogP contribution is 2.46. The number of carbonyl (C=O) groups is 3. The lowest BCUT2D eigenvalue weighted by Crippen LogP contribution is -2.37. The van der Waals surface area contributed by atoms with Crippen LogP contribution in [-0.2, 0) is 37.5 Å². The summed E-state index contributed by atoms with van der Waals surface area (Å²) in [4.78, 5) is 37.8. The smallest absolute Gasteiger partial charge is 0.306 e. The normalized spacial score (nSPS) is 17.3. The van der Waals surface area contributed by atoms with Gasteiger partial charge in [0, 0.05) is 37.3 Å². The summed E-state index contributed by atoms with van der Waals surface area (Å²) in [7, 11) is -3.93. The predicted molar refractivity (Wildman–Crippen MR) is 191 cm³/mol. The maximum absolute atomic E-state index is 14.3. The third kappa shape index (κ3) is 7.55. The Morgan fingerprint density at radius 3 is 2.43 bits per heavy atom. The molecule has 0 saturated carbocycles. The number of ketones is 1. The van der Waals surface area contributed by atoms with E-state index in [9.17, 15) is 33.0 Å². The zero-order valence-corrected chi connectivity index (χ0v) is 30.7. The van der Waals surface area contributed by atoms with Gasteiger partial charge in [-0.15, -0.1) is 5.10 Å². The number of sulfonamides is 1. The summed E-state index contributed by atoms with van der Waals surface area (Å²) in [6, 6.07) is 16.3. The summed E-state index contributed by atoms with van der Waals surface area (Å²) in [5, 5.41) is 27.9. The number of aryl methyl sites for hydroxylation is 3. The molecule has 2 N–H and O–H groups in total. The van der Waals surface area contributed by atoms with Crippen molar-refractivity contribution in [3.05, 3.63) is 82.4 Å². The van der Waals surface area contributed by atoms with E-state index in [1.165, 1.54) is 4.31 Å². The van der Waals surface area contributed by atoms with Crippen LogP contribution in [-0.4, -0.2) is 68.3 Å². The first-order chi connectivity index (χ1) is 24.1. The maximum atomic E-state index is 14.3. The number of hydrogen-bond acceptors (Lipinski definition) is 8. The van der Waals surface area contributed by atoms with Crippen LogP contribution >= 0.6 is 0 Å². The van der Waals surface area contributed by atoms with Gasteiger partial charge in [0.15, 0.2) is 0 Å². The third-order valence-corrected chi connectivity index (χ3v) is 12.0. The van der Waals surface area contributed by atoms with Crippen LogP contribution in [0.15, 0.2) is 59.5 Å². The topological polar surface area (TPSA) is 169 Å². The van der Waals surface area contributed by atoms with Crippen molar-refractivity contribution < 1.29 is 37.8 Å². The molecule has 0 unspecified atom stereocenters. The van der Waals surface area contributed by atoms with Gasteiger partial charge in [-0.1, -0.05) is 62.4 Å². The van der Waals surface area contributed by atoms with E-state index in [4.69, 9.17) is 4.74 Å². The predicted octanol–water partition coefficient (Wildman–Crippen LogP) is 6.11. The molecule has 2 heterocycles. The molecule has 0 radical (unpaired) electrons. The molecule has 1 aliphatic rings. The summed E-state index contributed by atoms with van der Waals surface area (Å²) in [6.45, 7) is 12.2. The van der Waals surface area contributed by atoms with Gasteiger partial charge in [-0.3, -0.25) is 14.4 Å². The number of Topliss-reactive ketones (excluding diaryl/α,β-unsaturated/α-hetero) is 1. The van der Waals surface area contributed by atoms with Crippen molar-refractivity contribution in [2.45, 2.75) is 97.2 Å². The summed E-state index contributed by atoms with van der Waals surface area (Å²) in [5.41, 5.74) is 4.30. The summed E-state index contributed by atoms with van der Waals surface area (Å²) in [5.74, 6) is -4.14. The highest BCUT2D eigenvalue weighted by molar-refractivity contribution is 7.89. The van der Waals surface area contributed by atoms with Crippen LogP contribution in [0.2, 0.25) is 0 Å². The Balaban J connectivity index is 1.62. The van der Waals surface area contributed by atoms with Crippen molar-refractivity contribution in [2.75, 3.05) is 6.54 Å². The molecule has 51 heavy (non-hydrogen) atoms. The number of aliphatic carboxylic acids is 2. The maximum Gasteiger partial charge on any atom is 0.306 e. The number of benzene rings is 3. The molecule has 272 valence electrons. The zero-order valence-electron chi connectivity index (χ0n) is 29.9. The van der Waals surface area contributed by atoms with Crippen LogP contribution in [0.3, 0.4) is 0 Å². The van der Waals surface area contributed by atoms with E-state index < -0.39 is 39.2 Å². The number of rotatable bonds is 14. The van der Waals surface area contributed by atoms with E-state index in [0.29, 0.717) is 24.2 Å². The third-order valence-electron chi connectivity index (χ3n) is 10.2. The van der Waals surface area contributed by atoms with E-state index in [2.05, 4.69) is 10.3 Å². The van der Waals surface area contributed by atoms with E-state index in [0.717, 1.165) is 33.3 Å². The fourth-order valence-corrected chi connectivity index (χ4v) is 8.58. The van der Waals surface area contributed by atoms with Crippen molar-refractivity contribution in [1.29, 1.82) is 0 Å². The summed E-state index contributed by atoms with van der Waals surface area (Å²) >= 11 is 0. The SMILES string of the molecule is CC[C@@H]1CN(Cc2cc([C@@H](c3ccc4c(nnn4CC)c3C)C(C)(C)C(=O)C[C@@H](CCC(=O)O)C(=O)O)ccc2C)S(=O)(=O)c2ccccc2O1. The number of carboxylic acids is 2. The van der Waals surface area contributed by atoms with Crippen LogP contribution < -0.4 is 4.74 Å². The number of fused-ring (bicyclic) bond motifs is 2. The van der Waals surface area contributed by atoms with Crippen molar-refractivity contribution in [3.8, 4) is 5.75 Å². The van der Waals surface area contributed by atoms with Crippen LogP contribution in [0.1, 0.15) is 87.1 Å². The fraction of sp³-hybridized carbons (Fsp3) is 0.447. The Hall–Kier alpha value is -4.62. The Kier molecular flexibility index (Phi) is 11.0. The fourth-order valence-electron chi connectivity index (χ4n) is 7.01. The second kappa shape index (κ2) is 14.9. The summed E-state index contributed by atoms with van der Waals surface area (Å²) < 4.78 is 37.4. The molecule has 13 heteroatoms. The first-order valence-corrected chi connectivity index (χ1v) is 18.7. The molecular weight excluding hydrogens is 673 g/mol. The first kappa shape index (κ1) is 37.6. The van der Waals surface area contributed by atoms with Crippen LogP contribution in [0, 0.1) is 25.2 Å². The lowest BCUT2D eigenvalue weighted by atomic mass is 9.66. The first-order valence-electron chi connectivity index (χ1n) is 17.3. The second-order valence-electron chi connectivity index (χ2n) is 13.9. The highest BCUT2D eigenvalue weighted by atomic mass is 32.2. The molecule has 3 aromatic carbocycles.